The summed E-state index contributed by atoms with van der Waals surface area (Å²) >= 11 is 0. The topological polar surface area (TPSA) is 172 Å². The maximum Gasteiger partial charge on any atom is 0.307 e. The zero-order chi connectivity index (χ0) is 36.1. The lowest BCUT2D eigenvalue weighted by Crippen LogP contribution is -2.71. The number of carbonyl (C=O) groups excluding carboxylic acids is 1. The van der Waals surface area contributed by atoms with Crippen LogP contribution in [-0.2, 0) is 28.5 Å². The number of fused-ring (bicyclic) bond motifs is 3. The average molecular weight is 693 g/mol. The fourth-order valence-corrected chi connectivity index (χ4v) is 12.5. The Hall–Kier alpha value is -1.60. The zero-order valence-electron chi connectivity index (χ0n) is 30.6. The summed E-state index contributed by atoms with van der Waals surface area (Å²) < 4.78 is 24.8. The molecule has 6 rings (SSSR count). The molecule has 11 heteroatoms. The molecule has 5 N–H and O–H groups in total. The highest BCUT2D eigenvalue weighted by molar-refractivity contribution is 5.73. The minimum absolute atomic E-state index is 0.0657. The summed E-state index contributed by atoms with van der Waals surface area (Å²) in [6.07, 6.45) is -1.86. The van der Waals surface area contributed by atoms with Crippen LogP contribution in [0.1, 0.15) is 93.9 Å². The molecule has 0 spiro atoms. The molecule has 2 aliphatic heterocycles. The molecular formula is C38H60O11. The quantitative estimate of drug-likeness (QED) is 0.150. The normalized spacial score (nSPS) is 51.5. The summed E-state index contributed by atoms with van der Waals surface area (Å²) in [5.41, 5.74) is -0.955. The van der Waals surface area contributed by atoms with E-state index in [1.165, 1.54) is 12.5 Å². The van der Waals surface area contributed by atoms with Crippen LogP contribution >= 0.6 is 0 Å². The summed E-state index contributed by atoms with van der Waals surface area (Å²) in [6.45, 7) is 17.0. The lowest BCUT2D eigenvalue weighted by molar-refractivity contribution is -0.349. The van der Waals surface area contributed by atoms with Gasteiger partial charge in [-0.15, -0.1) is 0 Å². The molecule has 0 amide bonds. The van der Waals surface area contributed by atoms with Gasteiger partial charge < -0.3 is 44.5 Å². The molecule has 6 aliphatic rings. The molecule has 0 aromatic rings. The molecule has 16 atom stereocenters. The van der Waals surface area contributed by atoms with Crippen molar-refractivity contribution in [1.82, 2.24) is 0 Å². The fourth-order valence-electron chi connectivity index (χ4n) is 12.5. The first-order chi connectivity index (χ1) is 22.8. The van der Waals surface area contributed by atoms with Crippen LogP contribution in [0, 0.1) is 56.7 Å². The second-order valence-corrected chi connectivity index (χ2v) is 18.0. The Bertz CT molecular complexity index is 1330. The summed E-state index contributed by atoms with van der Waals surface area (Å²) in [5.74, 6) is -0.879. The lowest BCUT2D eigenvalue weighted by Gasteiger charge is -2.71. The van der Waals surface area contributed by atoms with E-state index in [0.717, 1.165) is 25.7 Å². The number of allylic oxidation sites excluding steroid dienone is 1. The van der Waals surface area contributed by atoms with Gasteiger partial charge >= 0.3 is 11.9 Å². The molecule has 2 heterocycles. The number of carbonyl (C=O) groups is 2. The van der Waals surface area contributed by atoms with E-state index in [1.807, 2.05) is 0 Å². The van der Waals surface area contributed by atoms with E-state index < -0.39 is 83.6 Å². The Morgan fingerprint density at radius 1 is 0.980 bits per heavy atom. The van der Waals surface area contributed by atoms with Gasteiger partial charge in [-0.2, -0.15) is 0 Å². The number of carboxylic acid groups (broad SMARTS) is 1. The van der Waals surface area contributed by atoms with Crippen LogP contribution in [0.5, 0.6) is 0 Å². The summed E-state index contributed by atoms with van der Waals surface area (Å²) in [5, 5.41) is 52.6. The zero-order valence-corrected chi connectivity index (χ0v) is 30.6. The Morgan fingerprint density at radius 2 is 1.67 bits per heavy atom. The molecule has 0 aromatic carbocycles. The van der Waals surface area contributed by atoms with Gasteiger partial charge in [0.25, 0.3) is 0 Å². The highest BCUT2D eigenvalue weighted by Crippen LogP contribution is 2.75. The van der Waals surface area contributed by atoms with Crippen molar-refractivity contribution in [3.05, 3.63) is 11.6 Å². The van der Waals surface area contributed by atoms with Crippen LogP contribution in [-0.4, -0.2) is 100 Å². The number of aliphatic hydroxyl groups excluding tert-OH is 4. The first-order valence-electron chi connectivity index (χ1n) is 18.5. The molecule has 278 valence electrons. The van der Waals surface area contributed by atoms with Crippen molar-refractivity contribution in [3.63, 3.8) is 0 Å². The molecule has 2 saturated heterocycles. The van der Waals surface area contributed by atoms with Crippen LogP contribution in [0.3, 0.4) is 0 Å². The van der Waals surface area contributed by atoms with Crippen molar-refractivity contribution >= 4 is 11.9 Å². The third-order valence-corrected chi connectivity index (χ3v) is 15.5. The number of ether oxygens (including phenoxy) is 4. The predicted molar refractivity (Wildman–Crippen MR) is 178 cm³/mol. The number of aliphatic carboxylic acids is 1. The monoisotopic (exact) mass is 692 g/mol. The van der Waals surface area contributed by atoms with Crippen molar-refractivity contribution in [2.45, 2.75) is 137 Å². The van der Waals surface area contributed by atoms with Crippen LogP contribution in [0.25, 0.3) is 0 Å². The van der Waals surface area contributed by atoms with Gasteiger partial charge in [-0.25, -0.2) is 0 Å². The Balaban J connectivity index is 1.40. The van der Waals surface area contributed by atoms with Gasteiger partial charge in [-0.3, -0.25) is 9.59 Å². The molecule has 2 bridgehead atoms. The van der Waals surface area contributed by atoms with Crippen molar-refractivity contribution in [1.29, 1.82) is 0 Å². The number of rotatable bonds is 7. The smallest absolute Gasteiger partial charge is 0.307 e. The van der Waals surface area contributed by atoms with Gasteiger partial charge in [0, 0.05) is 17.8 Å². The second-order valence-electron chi connectivity index (χ2n) is 18.0. The third kappa shape index (κ3) is 5.22. The number of esters is 1. The van der Waals surface area contributed by atoms with Crippen LogP contribution in [0.4, 0.5) is 0 Å². The van der Waals surface area contributed by atoms with Crippen molar-refractivity contribution < 1.29 is 54.1 Å². The summed E-state index contributed by atoms with van der Waals surface area (Å²) in [6, 6.07) is 0. The molecule has 2 unspecified atom stereocenters. The van der Waals surface area contributed by atoms with Crippen molar-refractivity contribution in [2.24, 2.45) is 56.7 Å². The van der Waals surface area contributed by atoms with Gasteiger partial charge in [-0.1, -0.05) is 60.1 Å². The molecule has 0 aromatic heterocycles. The van der Waals surface area contributed by atoms with E-state index in [4.69, 9.17) is 18.9 Å². The average Bonchev–Trinajstić information content (AvgIpc) is 3.02. The first-order valence-corrected chi connectivity index (χ1v) is 18.5. The van der Waals surface area contributed by atoms with Crippen molar-refractivity contribution in [3.8, 4) is 0 Å². The number of aliphatic hydroxyl groups is 4. The van der Waals surface area contributed by atoms with E-state index in [0.29, 0.717) is 32.0 Å². The van der Waals surface area contributed by atoms with E-state index in [-0.39, 0.29) is 28.6 Å². The second kappa shape index (κ2) is 12.5. The van der Waals surface area contributed by atoms with Gasteiger partial charge in [-0.05, 0) is 78.4 Å². The van der Waals surface area contributed by atoms with E-state index in [9.17, 15) is 35.1 Å². The van der Waals surface area contributed by atoms with Gasteiger partial charge in [0.15, 0.2) is 6.29 Å². The number of hydrogen-bond donors (Lipinski definition) is 5. The molecule has 3 saturated carbocycles. The van der Waals surface area contributed by atoms with Crippen molar-refractivity contribution in [2.75, 3.05) is 19.8 Å². The SMILES string of the molecule is CC(=O)O[C@@H]1C[C@@]23COC[C@@](C)([C@@H]2CC[C@H]2C3=CC[C@@]3(C)[C@H](C(=O)O)[C@@](C)([C@H](C)C(C)C)CC[C@]23C)[C@H]1O[C@@H]1OC(CO)[C@@H](O)[C@H](O)C1O. The fraction of sp³-hybridized carbons (Fsp3) is 0.895. The highest BCUT2D eigenvalue weighted by atomic mass is 16.7. The standard InChI is InChI=1S/C38H60O11/c1-19(2)20(3)34(5)13-14-36(7)22-9-10-26-35(6)17-46-18-38(26,23(22)11-12-37(36,8)30(34)32(44)45)15-24(47-21(4)40)31(35)49-33-29(43)28(42)27(41)25(16-39)48-33/h11,19-20,22,24-31,33,39,41-43H,9-10,12-18H2,1-8H3,(H,44,45)/t20-,22+,24-,25?,26+,27-,28+,29?,30-,31+,33+,34-,35+,36-,37+,38+/m1/s1. The predicted octanol–water partition coefficient (Wildman–Crippen LogP) is 3.69. The maximum atomic E-state index is 13.4. The minimum atomic E-state index is -1.60. The van der Waals surface area contributed by atoms with Gasteiger partial charge in [0.2, 0.25) is 0 Å². The highest BCUT2D eigenvalue weighted by Gasteiger charge is 2.72. The third-order valence-electron chi connectivity index (χ3n) is 15.5. The molecular weight excluding hydrogens is 632 g/mol. The number of carboxylic acids is 1. The molecule has 11 nitrogen and oxygen atoms in total. The van der Waals surface area contributed by atoms with Gasteiger partial charge in [0.05, 0.1) is 25.7 Å². The van der Waals surface area contributed by atoms with Crippen LogP contribution in [0.15, 0.2) is 11.6 Å². The molecule has 5 fully saturated rings. The molecule has 0 radical (unpaired) electrons. The number of hydrogen-bond acceptors (Lipinski definition) is 10. The van der Waals surface area contributed by atoms with E-state index in [1.54, 1.807) is 0 Å². The van der Waals surface area contributed by atoms with E-state index >= 15 is 0 Å². The first kappa shape index (κ1) is 37.2. The maximum absolute atomic E-state index is 13.4. The van der Waals surface area contributed by atoms with Crippen LogP contribution in [0.2, 0.25) is 0 Å². The Labute approximate surface area is 290 Å². The lowest BCUT2D eigenvalue weighted by atomic mass is 9.34. The largest absolute Gasteiger partial charge is 0.481 e. The Kier molecular flexibility index (Phi) is 9.50. The minimum Gasteiger partial charge on any atom is -0.481 e. The van der Waals surface area contributed by atoms with E-state index in [2.05, 4.69) is 54.5 Å². The van der Waals surface area contributed by atoms with Crippen LogP contribution < -0.4 is 0 Å². The molecule has 4 aliphatic carbocycles. The summed E-state index contributed by atoms with van der Waals surface area (Å²) in [7, 11) is 0. The summed E-state index contributed by atoms with van der Waals surface area (Å²) in [4.78, 5) is 26.0. The van der Waals surface area contributed by atoms with Gasteiger partial charge in [0.1, 0.15) is 36.6 Å². The molecule has 49 heavy (non-hydrogen) atoms. The Morgan fingerprint density at radius 3 is 2.29 bits per heavy atom.